The molecule has 0 saturated carbocycles. The van der Waals surface area contributed by atoms with Gasteiger partial charge in [-0.05, 0) is 42.3 Å². The van der Waals surface area contributed by atoms with Crippen LogP contribution in [0.5, 0.6) is 11.6 Å². The number of rotatable bonds is 4. The molecular weight excluding hydrogens is 228 g/mol. The maximum atomic E-state index is 8.85. The van der Waals surface area contributed by atoms with Crippen molar-refractivity contribution in [2.45, 2.75) is 6.92 Å². The standard InChI is InChI=1S/C14H14N2O2/c1-10-2-7-14(16-8-10)18-12-5-3-11(4-6-12)13(15)9-17/h2-8,15,17H,9H2,1H3. The highest BCUT2D eigenvalue weighted by Crippen LogP contribution is 2.19. The fraction of sp³-hybridized carbons (Fsp3) is 0.143. The van der Waals surface area contributed by atoms with Crippen molar-refractivity contribution in [3.63, 3.8) is 0 Å². The predicted octanol–water partition coefficient (Wildman–Crippen LogP) is 2.54. The second-order valence-corrected chi connectivity index (χ2v) is 3.94. The van der Waals surface area contributed by atoms with E-state index in [1.54, 1.807) is 36.5 Å². The minimum absolute atomic E-state index is 0.190. The first kappa shape index (κ1) is 12.3. The van der Waals surface area contributed by atoms with Gasteiger partial charge < -0.3 is 15.3 Å². The van der Waals surface area contributed by atoms with E-state index in [4.69, 9.17) is 15.3 Å². The van der Waals surface area contributed by atoms with Gasteiger partial charge in [0.25, 0.3) is 0 Å². The van der Waals surface area contributed by atoms with Crippen molar-refractivity contribution >= 4 is 5.71 Å². The van der Waals surface area contributed by atoms with Gasteiger partial charge in [0.05, 0.1) is 12.3 Å². The van der Waals surface area contributed by atoms with Crippen LogP contribution in [0.3, 0.4) is 0 Å². The molecule has 0 aliphatic rings. The third-order valence-corrected chi connectivity index (χ3v) is 2.47. The Morgan fingerprint density at radius 3 is 2.50 bits per heavy atom. The Labute approximate surface area is 105 Å². The minimum Gasteiger partial charge on any atom is -0.439 e. The number of nitrogens with zero attached hydrogens (tertiary/aromatic N) is 1. The van der Waals surface area contributed by atoms with Crippen molar-refractivity contribution in [1.82, 2.24) is 4.98 Å². The van der Waals surface area contributed by atoms with Crippen LogP contribution in [-0.2, 0) is 0 Å². The van der Waals surface area contributed by atoms with Gasteiger partial charge in [-0.3, -0.25) is 0 Å². The molecule has 0 bridgehead atoms. The number of benzene rings is 1. The zero-order valence-electron chi connectivity index (χ0n) is 10.1. The van der Waals surface area contributed by atoms with Gasteiger partial charge in [0, 0.05) is 12.3 Å². The second kappa shape index (κ2) is 5.42. The summed E-state index contributed by atoms with van der Waals surface area (Å²) in [5.41, 5.74) is 1.95. The lowest BCUT2D eigenvalue weighted by atomic mass is 10.1. The van der Waals surface area contributed by atoms with Crippen LogP contribution in [0.25, 0.3) is 0 Å². The third-order valence-electron chi connectivity index (χ3n) is 2.47. The summed E-state index contributed by atoms with van der Waals surface area (Å²) >= 11 is 0. The number of hydrogen-bond acceptors (Lipinski definition) is 4. The first-order valence-electron chi connectivity index (χ1n) is 5.58. The molecule has 18 heavy (non-hydrogen) atoms. The van der Waals surface area contributed by atoms with Crippen LogP contribution in [0.2, 0.25) is 0 Å². The molecule has 0 aliphatic heterocycles. The van der Waals surface area contributed by atoms with Gasteiger partial charge in [-0.25, -0.2) is 4.98 Å². The molecule has 0 fully saturated rings. The molecule has 0 saturated heterocycles. The molecule has 1 aromatic carbocycles. The second-order valence-electron chi connectivity index (χ2n) is 3.94. The Morgan fingerprint density at radius 2 is 1.94 bits per heavy atom. The molecule has 1 heterocycles. The van der Waals surface area contributed by atoms with E-state index in [1.807, 2.05) is 13.0 Å². The van der Waals surface area contributed by atoms with Crippen LogP contribution in [0.1, 0.15) is 11.1 Å². The first-order valence-corrected chi connectivity index (χ1v) is 5.58. The maximum Gasteiger partial charge on any atom is 0.219 e. The van der Waals surface area contributed by atoms with Crippen LogP contribution in [0.4, 0.5) is 0 Å². The fourth-order valence-corrected chi connectivity index (χ4v) is 1.45. The fourth-order valence-electron chi connectivity index (χ4n) is 1.45. The Balaban J connectivity index is 2.10. The minimum atomic E-state index is -0.264. The van der Waals surface area contributed by atoms with E-state index in [2.05, 4.69) is 4.98 Å². The summed E-state index contributed by atoms with van der Waals surface area (Å²) in [4.78, 5) is 4.14. The molecule has 0 atom stereocenters. The van der Waals surface area contributed by atoms with Crippen LogP contribution >= 0.6 is 0 Å². The molecule has 2 rings (SSSR count). The number of aryl methyl sites for hydroxylation is 1. The highest BCUT2D eigenvalue weighted by molar-refractivity contribution is 5.99. The van der Waals surface area contributed by atoms with E-state index in [0.717, 1.165) is 5.56 Å². The van der Waals surface area contributed by atoms with Gasteiger partial charge in [0.15, 0.2) is 0 Å². The Bertz CT molecular complexity index is 533. The van der Waals surface area contributed by atoms with Crippen LogP contribution in [0.15, 0.2) is 42.6 Å². The number of hydrogen-bond donors (Lipinski definition) is 2. The monoisotopic (exact) mass is 242 g/mol. The van der Waals surface area contributed by atoms with E-state index in [-0.39, 0.29) is 12.3 Å². The SMILES string of the molecule is Cc1ccc(Oc2ccc(C(=N)CO)cc2)nc1. The lowest BCUT2D eigenvalue weighted by molar-refractivity contribution is 0.357. The lowest BCUT2D eigenvalue weighted by Crippen LogP contribution is -2.03. The molecule has 0 unspecified atom stereocenters. The Kier molecular flexibility index (Phi) is 3.69. The molecule has 4 nitrogen and oxygen atoms in total. The van der Waals surface area contributed by atoms with Gasteiger partial charge in [-0.2, -0.15) is 0 Å². The number of aromatic nitrogens is 1. The topological polar surface area (TPSA) is 66.2 Å². The predicted molar refractivity (Wildman–Crippen MR) is 69.4 cm³/mol. The average molecular weight is 242 g/mol. The van der Waals surface area contributed by atoms with E-state index >= 15 is 0 Å². The lowest BCUT2D eigenvalue weighted by Gasteiger charge is -2.06. The Hall–Kier alpha value is -2.20. The first-order chi connectivity index (χ1) is 8.69. The number of nitrogens with one attached hydrogen (secondary N) is 1. The van der Waals surface area contributed by atoms with Crippen molar-refractivity contribution in [3.05, 3.63) is 53.7 Å². The summed E-state index contributed by atoms with van der Waals surface area (Å²) < 4.78 is 5.56. The van der Waals surface area contributed by atoms with E-state index in [0.29, 0.717) is 17.2 Å². The van der Waals surface area contributed by atoms with E-state index in [1.165, 1.54) is 0 Å². The highest BCUT2D eigenvalue weighted by Gasteiger charge is 2.01. The summed E-state index contributed by atoms with van der Waals surface area (Å²) in [5.74, 6) is 1.19. The molecule has 1 aromatic heterocycles. The van der Waals surface area contributed by atoms with Crippen molar-refractivity contribution in [1.29, 1.82) is 5.41 Å². The van der Waals surface area contributed by atoms with Gasteiger partial charge in [0.1, 0.15) is 5.75 Å². The molecule has 4 heteroatoms. The number of aliphatic hydroxyl groups is 1. The number of ether oxygens (including phenoxy) is 1. The zero-order valence-corrected chi connectivity index (χ0v) is 10.1. The van der Waals surface area contributed by atoms with Gasteiger partial charge >= 0.3 is 0 Å². The largest absolute Gasteiger partial charge is 0.439 e. The number of pyridine rings is 1. The Morgan fingerprint density at radius 1 is 1.22 bits per heavy atom. The molecule has 0 spiro atoms. The normalized spacial score (nSPS) is 10.1. The summed E-state index contributed by atoms with van der Waals surface area (Å²) in [6.45, 7) is 1.70. The third kappa shape index (κ3) is 2.93. The smallest absolute Gasteiger partial charge is 0.219 e. The molecule has 0 amide bonds. The van der Waals surface area contributed by atoms with Crippen LogP contribution in [-0.4, -0.2) is 22.4 Å². The molecular formula is C14H14N2O2. The molecule has 92 valence electrons. The van der Waals surface area contributed by atoms with Crippen molar-refractivity contribution in [2.75, 3.05) is 6.61 Å². The average Bonchev–Trinajstić information content (AvgIpc) is 2.41. The van der Waals surface area contributed by atoms with Crippen molar-refractivity contribution in [2.24, 2.45) is 0 Å². The van der Waals surface area contributed by atoms with Crippen LogP contribution in [0, 0.1) is 12.3 Å². The molecule has 2 aromatic rings. The number of aliphatic hydroxyl groups excluding tert-OH is 1. The summed E-state index contributed by atoms with van der Waals surface area (Å²) in [6.07, 6.45) is 1.74. The highest BCUT2D eigenvalue weighted by atomic mass is 16.5. The molecule has 0 aliphatic carbocycles. The molecule has 0 radical (unpaired) electrons. The van der Waals surface area contributed by atoms with Crippen LogP contribution < -0.4 is 4.74 Å². The maximum absolute atomic E-state index is 8.85. The summed E-state index contributed by atoms with van der Waals surface area (Å²) in [5, 5.41) is 16.3. The quantitative estimate of drug-likeness (QED) is 0.810. The van der Waals surface area contributed by atoms with Gasteiger partial charge in [-0.1, -0.05) is 6.07 Å². The summed E-state index contributed by atoms with van der Waals surface area (Å²) in [7, 11) is 0. The van der Waals surface area contributed by atoms with Crippen molar-refractivity contribution in [3.8, 4) is 11.6 Å². The summed E-state index contributed by atoms with van der Waals surface area (Å²) in [6, 6.07) is 10.7. The van der Waals surface area contributed by atoms with Gasteiger partial charge in [0.2, 0.25) is 5.88 Å². The van der Waals surface area contributed by atoms with E-state index < -0.39 is 0 Å². The molecule has 2 N–H and O–H groups in total. The zero-order chi connectivity index (χ0) is 13.0. The van der Waals surface area contributed by atoms with E-state index in [9.17, 15) is 0 Å². The van der Waals surface area contributed by atoms with Crippen molar-refractivity contribution < 1.29 is 9.84 Å². The van der Waals surface area contributed by atoms with Gasteiger partial charge in [-0.15, -0.1) is 0 Å².